The molecule has 0 radical (unpaired) electrons. The summed E-state index contributed by atoms with van der Waals surface area (Å²) >= 11 is 0. The van der Waals surface area contributed by atoms with E-state index in [1.165, 1.54) is 11.1 Å². The number of nitrogens with zero attached hydrogens (tertiary/aromatic N) is 4. The molecule has 2 aromatic heterocycles. The zero-order valence-corrected chi connectivity index (χ0v) is 11.9. The van der Waals surface area contributed by atoms with Gasteiger partial charge in [0.15, 0.2) is 0 Å². The Bertz CT molecular complexity index is 719. The second-order valence-electron chi connectivity index (χ2n) is 5.05. The second kappa shape index (κ2) is 4.92. The van der Waals surface area contributed by atoms with E-state index in [9.17, 15) is 0 Å². The van der Waals surface area contributed by atoms with Gasteiger partial charge >= 0.3 is 0 Å². The highest BCUT2D eigenvalue weighted by Gasteiger charge is 2.12. The van der Waals surface area contributed by atoms with E-state index in [1.54, 1.807) is 6.33 Å². The van der Waals surface area contributed by atoms with Crippen LogP contribution in [0.4, 0.5) is 0 Å². The van der Waals surface area contributed by atoms with Gasteiger partial charge < -0.3 is 0 Å². The molecule has 0 atom stereocenters. The van der Waals surface area contributed by atoms with Crippen LogP contribution in [-0.4, -0.2) is 25.0 Å². The maximum Gasteiger partial charge on any atom is 0.141 e. The second-order valence-corrected chi connectivity index (χ2v) is 5.05. The highest BCUT2D eigenvalue weighted by atomic mass is 15.3. The molecule has 0 aliphatic carbocycles. The van der Waals surface area contributed by atoms with Gasteiger partial charge in [-0.1, -0.05) is 12.1 Å². The number of benzene rings is 1. The SMILES string of the molecule is Cc1cccc(-n2cnnc2Cc2c(C)n[nH]c2C)c1. The van der Waals surface area contributed by atoms with Gasteiger partial charge in [0.1, 0.15) is 12.2 Å². The molecule has 102 valence electrons. The topological polar surface area (TPSA) is 59.4 Å². The van der Waals surface area contributed by atoms with E-state index in [4.69, 9.17) is 0 Å². The standard InChI is InChI=1S/C15H17N5/c1-10-5-4-6-13(7-10)20-9-16-19-15(20)8-14-11(2)17-18-12(14)3/h4-7,9H,8H2,1-3H3,(H,17,18). The zero-order valence-electron chi connectivity index (χ0n) is 11.9. The van der Waals surface area contributed by atoms with E-state index in [0.29, 0.717) is 0 Å². The zero-order chi connectivity index (χ0) is 14.1. The average Bonchev–Trinajstić information content (AvgIpc) is 3.01. The Balaban J connectivity index is 1.99. The number of aromatic amines is 1. The minimum atomic E-state index is 0.724. The van der Waals surface area contributed by atoms with Crippen LogP contribution in [0.25, 0.3) is 5.69 Å². The lowest BCUT2D eigenvalue weighted by molar-refractivity contribution is 0.896. The Hall–Kier alpha value is -2.43. The third-order valence-corrected chi connectivity index (χ3v) is 3.51. The van der Waals surface area contributed by atoms with E-state index in [1.807, 2.05) is 24.5 Å². The molecule has 0 fully saturated rings. The summed E-state index contributed by atoms with van der Waals surface area (Å²) in [6.45, 7) is 6.12. The molecule has 0 saturated carbocycles. The van der Waals surface area contributed by atoms with Crippen LogP contribution in [0.5, 0.6) is 0 Å². The van der Waals surface area contributed by atoms with Gasteiger partial charge in [-0.25, -0.2) is 0 Å². The molecule has 2 heterocycles. The highest BCUT2D eigenvalue weighted by molar-refractivity contribution is 5.37. The summed E-state index contributed by atoms with van der Waals surface area (Å²) in [5, 5.41) is 15.5. The summed E-state index contributed by atoms with van der Waals surface area (Å²) in [6, 6.07) is 8.32. The molecule has 3 aromatic rings. The van der Waals surface area contributed by atoms with Crippen LogP contribution in [0.15, 0.2) is 30.6 Å². The molecule has 0 aliphatic rings. The van der Waals surface area contributed by atoms with Crippen LogP contribution in [0.3, 0.4) is 0 Å². The molecule has 0 amide bonds. The average molecular weight is 267 g/mol. The quantitative estimate of drug-likeness (QED) is 0.793. The monoisotopic (exact) mass is 267 g/mol. The number of hydrogen-bond acceptors (Lipinski definition) is 3. The molecule has 1 aromatic carbocycles. The van der Waals surface area contributed by atoms with Gasteiger partial charge in [0, 0.05) is 23.4 Å². The largest absolute Gasteiger partial charge is 0.285 e. The van der Waals surface area contributed by atoms with Gasteiger partial charge in [0.25, 0.3) is 0 Å². The number of aromatic nitrogens is 5. The van der Waals surface area contributed by atoms with Gasteiger partial charge in [0.05, 0.1) is 5.69 Å². The summed E-state index contributed by atoms with van der Waals surface area (Å²) in [7, 11) is 0. The van der Waals surface area contributed by atoms with Crippen molar-refractivity contribution < 1.29 is 0 Å². The Morgan fingerprint density at radius 2 is 2.05 bits per heavy atom. The van der Waals surface area contributed by atoms with Crippen molar-refractivity contribution in [3.63, 3.8) is 0 Å². The van der Waals surface area contributed by atoms with E-state index in [2.05, 4.69) is 45.5 Å². The molecule has 0 unspecified atom stereocenters. The summed E-state index contributed by atoms with van der Waals surface area (Å²) < 4.78 is 2.03. The van der Waals surface area contributed by atoms with Crippen LogP contribution in [0.2, 0.25) is 0 Å². The minimum Gasteiger partial charge on any atom is -0.285 e. The van der Waals surface area contributed by atoms with Gasteiger partial charge in [-0.3, -0.25) is 9.67 Å². The number of aryl methyl sites for hydroxylation is 3. The lowest BCUT2D eigenvalue weighted by Crippen LogP contribution is -2.03. The van der Waals surface area contributed by atoms with Crippen LogP contribution >= 0.6 is 0 Å². The summed E-state index contributed by atoms with van der Waals surface area (Å²) in [6.07, 6.45) is 2.48. The van der Waals surface area contributed by atoms with Gasteiger partial charge in [-0.2, -0.15) is 5.10 Å². The number of hydrogen-bond donors (Lipinski definition) is 1. The lowest BCUT2D eigenvalue weighted by Gasteiger charge is -2.07. The first-order valence-electron chi connectivity index (χ1n) is 6.61. The van der Waals surface area contributed by atoms with Crippen molar-refractivity contribution in [3.8, 4) is 5.69 Å². The first-order valence-corrected chi connectivity index (χ1v) is 6.61. The van der Waals surface area contributed by atoms with E-state index < -0.39 is 0 Å². The van der Waals surface area contributed by atoms with Gasteiger partial charge in [-0.05, 0) is 38.5 Å². The Labute approximate surface area is 117 Å². The van der Waals surface area contributed by atoms with Crippen molar-refractivity contribution in [3.05, 3.63) is 58.9 Å². The third-order valence-electron chi connectivity index (χ3n) is 3.51. The Morgan fingerprint density at radius 1 is 1.20 bits per heavy atom. The Morgan fingerprint density at radius 3 is 2.75 bits per heavy atom. The maximum atomic E-state index is 4.25. The number of rotatable bonds is 3. The molecule has 3 rings (SSSR count). The van der Waals surface area contributed by atoms with Gasteiger partial charge in [0.2, 0.25) is 0 Å². The lowest BCUT2D eigenvalue weighted by atomic mass is 10.1. The van der Waals surface area contributed by atoms with Gasteiger partial charge in [-0.15, -0.1) is 10.2 Å². The van der Waals surface area contributed by atoms with Crippen molar-refractivity contribution in [2.45, 2.75) is 27.2 Å². The maximum absolute atomic E-state index is 4.25. The number of H-pyrrole nitrogens is 1. The van der Waals surface area contributed by atoms with E-state index >= 15 is 0 Å². The molecule has 0 bridgehead atoms. The number of nitrogens with one attached hydrogen (secondary N) is 1. The summed E-state index contributed by atoms with van der Waals surface area (Å²) in [4.78, 5) is 0. The first-order chi connectivity index (χ1) is 9.65. The normalized spacial score (nSPS) is 10.9. The van der Waals surface area contributed by atoms with Crippen molar-refractivity contribution in [2.24, 2.45) is 0 Å². The fraction of sp³-hybridized carbons (Fsp3) is 0.267. The molecule has 20 heavy (non-hydrogen) atoms. The summed E-state index contributed by atoms with van der Waals surface area (Å²) in [5.41, 5.74) is 5.59. The molecule has 5 nitrogen and oxygen atoms in total. The molecular weight excluding hydrogens is 250 g/mol. The molecular formula is C15H17N5. The molecule has 0 saturated heterocycles. The third kappa shape index (κ3) is 2.22. The van der Waals surface area contributed by atoms with Crippen LogP contribution in [0.1, 0.15) is 28.3 Å². The summed E-state index contributed by atoms with van der Waals surface area (Å²) in [5.74, 6) is 0.920. The van der Waals surface area contributed by atoms with E-state index in [-0.39, 0.29) is 0 Å². The van der Waals surface area contributed by atoms with Crippen LogP contribution in [-0.2, 0) is 6.42 Å². The Kier molecular flexibility index (Phi) is 3.10. The predicted molar refractivity (Wildman–Crippen MR) is 77.0 cm³/mol. The van der Waals surface area contributed by atoms with Crippen molar-refractivity contribution in [2.75, 3.05) is 0 Å². The smallest absolute Gasteiger partial charge is 0.141 e. The molecule has 1 N–H and O–H groups in total. The molecule has 0 spiro atoms. The molecule has 5 heteroatoms. The fourth-order valence-corrected chi connectivity index (χ4v) is 2.37. The van der Waals surface area contributed by atoms with Crippen molar-refractivity contribution in [1.82, 2.24) is 25.0 Å². The van der Waals surface area contributed by atoms with Crippen molar-refractivity contribution in [1.29, 1.82) is 0 Å². The van der Waals surface area contributed by atoms with Crippen LogP contribution < -0.4 is 0 Å². The van der Waals surface area contributed by atoms with Crippen molar-refractivity contribution >= 4 is 0 Å². The fourth-order valence-electron chi connectivity index (χ4n) is 2.37. The predicted octanol–water partition coefficient (Wildman–Crippen LogP) is 2.51. The molecule has 0 aliphatic heterocycles. The highest BCUT2D eigenvalue weighted by Crippen LogP contribution is 2.17. The first kappa shape index (κ1) is 12.6. The van der Waals surface area contributed by atoms with Crippen LogP contribution in [0, 0.1) is 20.8 Å². The minimum absolute atomic E-state index is 0.724. The van der Waals surface area contributed by atoms with E-state index in [0.717, 1.165) is 29.3 Å².